The molecule has 0 bridgehead atoms. The Bertz CT molecular complexity index is 171. The second kappa shape index (κ2) is 6.02. The summed E-state index contributed by atoms with van der Waals surface area (Å²) in [5.41, 5.74) is 0. The van der Waals surface area contributed by atoms with Gasteiger partial charge in [-0.05, 0) is 32.2 Å². The fourth-order valence-electron chi connectivity index (χ4n) is 2.22. The maximum atomic E-state index is 10.1. The number of piperidine rings is 1. The summed E-state index contributed by atoms with van der Waals surface area (Å²) in [5, 5.41) is 3.39. The highest BCUT2D eigenvalue weighted by atomic mass is 16.5. The van der Waals surface area contributed by atoms with Crippen molar-refractivity contribution in [2.24, 2.45) is 5.92 Å². The first-order chi connectivity index (χ1) is 6.77. The molecule has 14 heavy (non-hydrogen) atoms. The molecule has 1 aliphatic heterocycles. The molecule has 3 unspecified atom stereocenters. The normalized spacial score (nSPS) is 29.6. The summed E-state index contributed by atoms with van der Waals surface area (Å²) >= 11 is 0. The highest BCUT2D eigenvalue weighted by Gasteiger charge is 2.25. The molecule has 1 saturated heterocycles. The molecule has 0 aromatic carbocycles. The molecule has 1 rings (SSSR count). The van der Waals surface area contributed by atoms with Gasteiger partial charge in [-0.3, -0.25) is 0 Å². The number of hydrogen-bond donors (Lipinski definition) is 1. The molecule has 1 N–H and O–H groups in total. The standard InChI is InChI=1S/C11H20NO2/c1-3-4-10-5-6-12-11(7-10)9(2)14-8-13/h9-12H,3-7H2,1-2H3. The summed E-state index contributed by atoms with van der Waals surface area (Å²) in [6, 6.07) is 0.321. The molecule has 1 aliphatic rings. The molecule has 81 valence electrons. The lowest BCUT2D eigenvalue weighted by atomic mass is 9.87. The van der Waals surface area contributed by atoms with E-state index in [1.54, 1.807) is 0 Å². The van der Waals surface area contributed by atoms with E-state index in [1.165, 1.54) is 25.7 Å². The van der Waals surface area contributed by atoms with Crippen molar-refractivity contribution in [2.45, 2.75) is 51.7 Å². The summed E-state index contributed by atoms with van der Waals surface area (Å²) in [6.07, 6.45) is 4.85. The molecule has 0 aromatic rings. The van der Waals surface area contributed by atoms with Crippen LogP contribution in [0.3, 0.4) is 0 Å². The van der Waals surface area contributed by atoms with E-state index >= 15 is 0 Å². The molecule has 0 spiro atoms. The maximum Gasteiger partial charge on any atom is 0.417 e. The van der Waals surface area contributed by atoms with Crippen LogP contribution in [0.2, 0.25) is 0 Å². The average molecular weight is 198 g/mol. The topological polar surface area (TPSA) is 38.3 Å². The van der Waals surface area contributed by atoms with Crippen LogP contribution < -0.4 is 5.32 Å². The molecule has 3 nitrogen and oxygen atoms in total. The van der Waals surface area contributed by atoms with E-state index in [9.17, 15) is 4.79 Å². The molecule has 1 radical (unpaired) electrons. The summed E-state index contributed by atoms with van der Waals surface area (Å²) < 4.78 is 4.84. The minimum atomic E-state index is -0.0489. The molecule has 0 aromatic heterocycles. The third kappa shape index (κ3) is 3.29. The summed E-state index contributed by atoms with van der Waals surface area (Å²) in [4.78, 5) is 10.1. The van der Waals surface area contributed by atoms with Crippen LogP contribution in [-0.4, -0.2) is 25.2 Å². The van der Waals surface area contributed by atoms with Gasteiger partial charge in [0.1, 0.15) is 6.10 Å². The Morgan fingerprint density at radius 3 is 3.07 bits per heavy atom. The van der Waals surface area contributed by atoms with Crippen LogP contribution in [0.1, 0.15) is 39.5 Å². The quantitative estimate of drug-likeness (QED) is 0.729. The number of nitrogens with one attached hydrogen (secondary N) is 1. The van der Waals surface area contributed by atoms with E-state index < -0.39 is 0 Å². The van der Waals surface area contributed by atoms with Gasteiger partial charge < -0.3 is 10.1 Å². The molecule has 0 saturated carbocycles. The second-order valence-corrected chi connectivity index (χ2v) is 4.15. The fraction of sp³-hybridized carbons (Fsp3) is 0.909. The van der Waals surface area contributed by atoms with Gasteiger partial charge in [0.25, 0.3) is 0 Å². The highest BCUT2D eigenvalue weighted by Crippen LogP contribution is 2.23. The van der Waals surface area contributed by atoms with Gasteiger partial charge in [-0.25, -0.2) is 4.79 Å². The first-order valence-corrected chi connectivity index (χ1v) is 5.54. The maximum absolute atomic E-state index is 10.1. The monoisotopic (exact) mass is 198 g/mol. The van der Waals surface area contributed by atoms with Crippen LogP contribution >= 0.6 is 0 Å². The average Bonchev–Trinajstić information content (AvgIpc) is 2.19. The van der Waals surface area contributed by atoms with Crippen molar-refractivity contribution >= 4 is 6.47 Å². The van der Waals surface area contributed by atoms with Crippen LogP contribution in [0, 0.1) is 5.92 Å². The Morgan fingerprint density at radius 2 is 2.43 bits per heavy atom. The molecule has 0 amide bonds. The van der Waals surface area contributed by atoms with E-state index in [4.69, 9.17) is 4.74 Å². The zero-order valence-electron chi connectivity index (χ0n) is 9.08. The minimum Gasteiger partial charge on any atom is -0.453 e. The lowest BCUT2D eigenvalue weighted by Gasteiger charge is -2.32. The predicted octanol–water partition coefficient (Wildman–Crippen LogP) is 1.63. The van der Waals surface area contributed by atoms with Gasteiger partial charge in [0.15, 0.2) is 0 Å². The van der Waals surface area contributed by atoms with Crippen molar-refractivity contribution in [3.05, 3.63) is 0 Å². The van der Waals surface area contributed by atoms with Crippen molar-refractivity contribution in [3.63, 3.8) is 0 Å². The SMILES string of the molecule is CCCC1CCNC(C(C)O[C]=O)C1. The minimum absolute atomic E-state index is 0.0489. The van der Waals surface area contributed by atoms with Crippen LogP contribution in [-0.2, 0) is 9.53 Å². The number of carbonyl (C=O) groups excluding carboxylic acids is 1. The Kier molecular flexibility index (Phi) is 4.94. The van der Waals surface area contributed by atoms with Crippen LogP contribution in [0.25, 0.3) is 0 Å². The highest BCUT2D eigenvalue weighted by molar-refractivity contribution is 5.38. The van der Waals surface area contributed by atoms with Crippen molar-refractivity contribution in [2.75, 3.05) is 6.54 Å². The number of ether oxygens (including phenoxy) is 1. The van der Waals surface area contributed by atoms with Crippen LogP contribution in [0.5, 0.6) is 0 Å². The molecule has 1 fully saturated rings. The number of hydrogen-bond acceptors (Lipinski definition) is 3. The number of rotatable bonds is 5. The third-order valence-electron chi connectivity index (χ3n) is 3.04. The van der Waals surface area contributed by atoms with Gasteiger partial charge >= 0.3 is 6.47 Å². The van der Waals surface area contributed by atoms with E-state index in [0.29, 0.717) is 6.04 Å². The summed E-state index contributed by atoms with van der Waals surface area (Å²) in [7, 11) is 0. The summed E-state index contributed by atoms with van der Waals surface area (Å²) in [6.45, 7) is 6.71. The largest absolute Gasteiger partial charge is 0.453 e. The van der Waals surface area contributed by atoms with Gasteiger partial charge in [0.2, 0.25) is 0 Å². The lowest BCUT2D eigenvalue weighted by molar-refractivity contribution is 0.116. The van der Waals surface area contributed by atoms with Gasteiger partial charge in [0, 0.05) is 6.04 Å². The Labute approximate surface area is 86.2 Å². The third-order valence-corrected chi connectivity index (χ3v) is 3.04. The molecular formula is C11H20NO2. The van der Waals surface area contributed by atoms with Crippen LogP contribution in [0.15, 0.2) is 0 Å². The van der Waals surface area contributed by atoms with Gasteiger partial charge in [-0.15, -0.1) is 0 Å². The van der Waals surface area contributed by atoms with Crippen molar-refractivity contribution in [1.29, 1.82) is 0 Å². The molecular weight excluding hydrogens is 178 g/mol. The molecule has 3 heteroatoms. The predicted molar refractivity (Wildman–Crippen MR) is 55.7 cm³/mol. The smallest absolute Gasteiger partial charge is 0.417 e. The molecule has 3 atom stereocenters. The van der Waals surface area contributed by atoms with Crippen molar-refractivity contribution in [3.8, 4) is 0 Å². The Hall–Kier alpha value is -0.570. The van der Waals surface area contributed by atoms with Gasteiger partial charge in [-0.2, -0.15) is 0 Å². The van der Waals surface area contributed by atoms with E-state index in [1.807, 2.05) is 6.92 Å². The van der Waals surface area contributed by atoms with E-state index in [0.717, 1.165) is 18.9 Å². The zero-order chi connectivity index (χ0) is 10.4. The Balaban J connectivity index is 2.34. The van der Waals surface area contributed by atoms with Crippen molar-refractivity contribution < 1.29 is 9.53 Å². The van der Waals surface area contributed by atoms with E-state index in [2.05, 4.69) is 12.2 Å². The van der Waals surface area contributed by atoms with E-state index in [-0.39, 0.29) is 6.10 Å². The fourth-order valence-corrected chi connectivity index (χ4v) is 2.22. The zero-order valence-corrected chi connectivity index (χ0v) is 9.08. The van der Waals surface area contributed by atoms with Crippen molar-refractivity contribution in [1.82, 2.24) is 5.32 Å². The molecule has 0 aliphatic carbocycles. The first-order valence-electron chi connectivity index (χ1n) is 5.54. The van der Waals surface area contributed by atoms with Crippen LogP contribution in [0.4, 0.5) is 0 Å². The summed E-state index contributed by atoms with van der Waals surface area (Å²) in [5.74, 6) is 0.795. The Morgan fingerprint density at radius 1 is 1.64 bits per heavy atom. The van der Waals surface area contributed by atoms with Gasteiger partial charge in [0.05, 0.1) is 0 Å². The first kappa shape index (κ1) is 11.5. The second-order valence-electron chi connectivity index (χ2n) is 4.15. The van der Waals surface area contributed by atoms with Gasteiger partial charge in [-0.1, -0.05) is 19.8 Å². The molecule has 1 heterocycles. The lowest BCUT2D eigenvalue weighted by Crippen LogP contribution is -2.45.